The molecule has 0 radical (unpaired) electrons. The number of halogens is 1. The summed E-state index contributed by atoms with van der Waals surface area (Å²) in [6.07, 6.45) is 2.59. The number of anilines is 1. The number of hydrogen-bond acceptors (Lipinski definition) is 7. The summed E-state index contributed by atoms with van der Waals surface area (Å²) in [5.41, 5.74) is 0. The fraction of sp³-hybridized carbons (Fsp3) is 0.444. The molecule has 2 aromatic heterocycles. The Kier molecular flexibility index (Phi) is 4.32. The van der Waals surface area contributed by atoms with Gasteiger partial charge in [0.15, 0.2) is 5.16 Å². The second-order valence-electron chi connectivity index (χ2n) is 3.46. The van der Waals surface area contributed by atoms with E-state index in [0.717, 1.165) is 13.0 Å². The second-order valence-corrected chi connectivity index (χ2v) is 4.74. The Morgan fingerprint density at radius 2 is 2.22 bits per heavy atom. The average Bonchev–Trinajstić information content (AvgIpc) is 2.72. The maximum absolute atomic E-state index is 5.85. The number of rotatable bonds is 5. The van der Waals surface area contributed by atoms with Gasteiger partial charge in [-0.3, -0.25) is 0 Å². The zero-order valence-electron chi connectivity index (χ0n) is 9.96. The van der Waals surface area contributed by atoms with Gasteiger partial charge in [0.05, 0.1) is 0 Å². The van der Waals surface area contributed by atoms with Gasteiger partial charge in [-0.05, 0) is 29.8 Å². The molecular formula is C9H12ClN7S. The van der Waals surface area contributed by atoms with Crippen LogP contribution in [0.1, 0.15) is 13.3 Å². The molecule has 0 atom stereocenters. The Hall–Kier alpha value is -1.41. The second kappa shape index (κ2) is 5.96. The standard InChI is InChI=1S/C9H12ClN7S/c1-3-4-11-7-13-6(10)14-8(15-7)18-9-16-12-5-17(9)2/h5H,3-4H2,1-2H3,(H,11,13,14,15). The highest BCUT2D eigenvalue weighted by Crippen LogP contribution is 2.23. The number of nitrogens with zero attached hydrogens (tertiary/aromatic N) is 6. The molecule has 2 heterocycles. The molecule has 2 rings (SSSR count). The van der Waals surface area contributed by atoms with Crippen molar-refractivity contribution in [2.45, 2.75) is 23.7 Å². The van der Waals surface area contributed by atoms with Crippen molar-refractivity contribution in [3.8, 4) is 0 Å². The minimum Gasteiger partial charge on any atom is -0.354 e. The Morgan fingerprint density at radius 3 is 2.89 bits per heavy atom. The van der Waals surface area contributed by atoms with Gasteiger partial charge in [-0.2, -0.15) is 15.0 Å². The first-order chi connectivity index (χ1) is 8.69. The van der Waals surface area contributed by atoms with Crippen molar-refractivity contribution in [1.82, 2.24) is 29.7 Å². The van der Waals surface area contributed by atoms with Gasteiger partial charge in [0.1, 0.15) is 6.33 Å². The van der Waals surface area contributed by atoms with Crippen LogP contribution in [0.5, 0.6) is 0 Å². The predicted octanol–water partition coefficient (Wildman–Crippen LogP) is 1.63. The van der Waals surface area contributed by atoms with Crippen LogP contribution < -0.4 is 5.32 Å². The van der Waals surface area contributed by atoms with Gasteiger partial charge in [0.25, 0.3) is 0 Å². The first-order valence-corrected chi connectivity index (χ1v) is 6.55. The third-order valence-electron chi connectivity index (χ3n) is 1.97. The molecule has 0 aliphatic carbocycles. The van der Waals surface area contributed by atoms with E-state index in [9.17, 15) is 0 Å². The predicted molar refractivity (Wildman–Crippen MR) is 68.7 cm³/mol. The molecule has 0 amide bonds. The van der Waals surface area contributed by atoms with Crippen molar-refractivity contribution >= 4 is 29.3 Å². The third-order valence-corrected chi connectivity index (χ3v) is 3.06. The molecule has 0 aliphatic rings. The number of aromatic nitrogens is 6. The molecule has 0 saturated heterocycles. The molecule has 9 heteroatoms. The highest BCUT2D eigenvalue weighted by atomic mass is 35.5. The monoisotopic (exact) mass is 285 g/mol. The van der Waals surface area contributed by atoms with Crippen LogP contribution in [0.2, 0.25) is 5.28 Å². The van der Waals surface area contributed by atoms with Crippen LogP contribution in [0.15, 0.2) is 16.6 Å². The molecule has 2 aromatic rings. The van der Waals surface area contributed by atoms with Crippen molar-refractivity contribution in [2.24, 2.45) is 7.05 Å². The van der Waals surface area contributed by atoms with Crippen LogP contribution in [0.3, 0.4) is 0 Å². The Balaban J connectivity index is 2.17. The van der Waals surface area contributed by atoms with Gasteiger partial charge in [-0.25, -0.2) is 0 Å². The fourth-order valence-electron chi connectivity index (χ4n) is 1.14. The van der Waals surface area contributed by atoms with Crippen LogP contribution in [0.4, 0.5) is 5.95 Å². The lowest BCUT2D eigenvalue weighted by atomic mass is 10.5. The van der Waals surface area contributed by atoms with Crippen LogP contribution in [-0.4, -0.2) is 36.3 Å². The van der Waals surface area contributed by atoms with E-state index in [1.54, 1.807) is 10.9 Å². The van der Waals surface area contributed by atoms with Crippen LogP contribution in [-0.2, 0) is 7.05 Å². The maximum Gasteiger partial charge on any atom is 0.228 e. The summed E-state index contributed by atoms with van der Waals surface area (Å²) in [6.45, 7) is 2.85. The summed E-state index contributed by atoms with van der Waals surface area (Å²) in [4.78, 5) is 12.3. The highest BCUT2D eigenvalue weighted by Gasteiger charge is 2.09. The highest BCUT2D eigenvalue weighted by molar-refractivity contribution is 7.99. The van der Waals surface area contributed by atoms with Crippen molar-refractivity contribution in [2.75, 3.05) is 11.9 Å². The van der Waals surface area contributed by atoms with Gasteiger partial charge in [-0.15, -0.1) is 10.2 Å². The largest absolute Gasteiger partial charge is 0.354 e. The molecule has 0 fully saturated rings. The normalized spacial score (nSPS) is 10.6. The third kappa shape index (κ3) is 3.30. The molecule has 0 bridgehead atoms. The van der Waals surface area contributed by atoms with Gasteiger partial charge in [0.2, 0.25) is 16.4 Å². The summed E-state index contributed by atoms with van der Waals surface area (Å²) >= 11 is 7.14. The zero-order chi connectivity index (χ0) is 13.0. The summed E-state index contributed by atoms with van der Waals surface area (Å²) in [6, 6.07) is 0. The van der Waals surface area contributed by atoms with Gasteiger partial charge >= 0.3 is 0 Å². The van der Waals surface area contributed by atoms with E-state index in [1.165, 1.54) is 11.8 Å². The molecule has 0 unspecified atom stereocenters. The minimum atomic E-state index is 0.160. The van der Waals surface area contributed by atoms with E-state index >= 15 is 0 Å². The molecular weight excluding hydrogens is 274 g/mol. The lowest BCUT2D eigenvalue weighted by Gasteiger charge is -2.04. The molecule has 96 valence electrons. The van der Waals surface area contributed by atoms with E-state index in [2.05, 4.69) is 37.4 Å². The van der Waals surface area contributed by atoms with Crippen molar-refractivity contribution in [1.29, 1.82) is 0 Å². The van der Waals surface area contributed by atoms with Crippen molar-refractivity contribution < 1.29 is 0 Å². The molecule has 0 spiro atoms. The molecule has 1 N–H and O–H groups in total. The molecule has 0 aromatic carbocycles. The zero-order valence-corrected chi connectivity index (χ0v) is 11.5. The van der Waals surface area contributed by atoms with Gasteiger partial charge in [-0.1, -0.05) is 6.92 Å². The lowest BCUT2D eigenvalue weighted by Crippen LogP contribution is -2.06. The van der Waals surface area contributed by atoms with E-state index < -0.39 is 0 Å². The summed E-state index contributed by atoms with van der Waals surface area (Å²) in [7, 11) is 1.85. The van der Waals surface area contributed by atoms with Crippen molar-refractivity contribution in [3.63, 3.8) is 0 Å². The summed E-state index contributed by atoms with van der Waals surface area (Å²) in [5, 5.41) is 12.1. The fourth-order valence-corrected chi connectivity index (χ4v) is 2.06. The lowest BCUT2D eigenvalue weighted by molar-refractivity contribution is 0.781. The van der Waals surface area contributed by atoms with Crippen LogP contribution in [0.25, 0.3) is 0 Å². The Morgan fingerprint density at radius 1 is 1.39 bits per heavy atom. The molecule has 0 aliphatic heterocycles. The van der Waals surface area contributed by atoms with E-state index in [-0.39, 0.29) is 5.28 Å². The molecule has 0 saturated carbocycles. The Labute approximate surface area is 113 Å². The summed E-state index contributed by atoms with van der Waals surface area (Å²) in [5.74, 6) is 0.474. The van der Waals surface area contributed by atoms with Crippen molar-refractivity contribution in [3.05, 3.63) is 11.6 Å². The van der Waals surface area contributed by atoms with E-state index in [4.69, 9.17) is 11.6 Å². The molecule has 18 heavy (non-hydrogen) atoms. The number of aryl methyl sites for hydroxylation is 1. The van der Waals surface area contributed by atoms with E-state index in [1.807, 2.05) is 7.05 Å². The summed E-state index contributed by atoms with van der Waals surface area (Å²) < 4.78 is 1.78. The number of hydrogen-bond donors (Lipinski definition) is 1. The van der Waals surface area contributed by atoms with Gasteiger partial charge < -0.3 is 9.88 Å². The quantitative estimate of drug-likeness (QED) is 0.894. The topological polar surface area (TPSA) is 81.4 Å². The minimum absolute atomic E-state index is 0.160. The SMILES string of the molecule is CCCNc1nc(Cl)nc(Sc2nncn2C)n1. The average molecular weight is 286 g/mol. The maximum atomic E-state index is 5.85. The van der Waals surface area contributed by atoms with Crippen LogP contribution in [0, 0.1) is 0 Å². The van der Waals surface area contributed by atoms with Gasteiger partial charge in [0, 0.05) is 13.6 Å². The van der Waals surface area contributed by atoms with E-state index in [0.29, 0.717) is 16.3 Å². The smallest absolute Gasteiger partial charge is 0.228 e. The molecule has 7 nitrogen and oxygen atoms in total. The van der Waals surface area contributed by atoms with Crippen LogP contribution >= 0.6 is 23.4 Å². The first kappa shape index (κ1) is 13.0. The number of nitrogens with one attached hydrogen (secondary N) is 1. The Bertz CT molecular complexity index is 529. The first-order valence-electron chi connectivity index (χ1n) is 5.36.